The molecular weight excluding hydrogens is 266 g/mol. The zero-order chi connectivity index (χ0) is 14.4. The Kier molecular flexibility index (Phi) is 6.12. The molecule has 0 bridgehead atoms. The van der Waals surface area contributed by atoms with Gasteiger partial charge >= 0.3 is 0 Å². The largest absolute Gasteiger partial charge is 0.495 e. The van der Waals surface area contributed by atoms with E-state index >= 15 is 0 Å². The number of carbonyl (C=O) groups is 1. The van der Waals surface area contributed by atoms with Crippen LogP contribution in [0.25, 0.3) is 0 Å². The number of hydrogen-bond acceptors (Lipinski definition) is 3. The van der Waals surface area contributed by atoms with Gasteiger partial charge in [-0.2, -0.15) is 0 Å². The molecule has 1 aromatic carbocycles. The van der Waals surface area contributed by atoms with Gasteiger partial charge in [0.1, 0.15) is 5.75 Å². The second kappa shape index (κ2) is 7.36. The molecule has 1 aromatic rings. The van der Waals surface area contributed by atoms with Crippen LogP contribution in [-0.2, 0) is 0 Å². The van der Waals surface area contributed by atoms with E-state index in [9.17, 15) is 9.90 Å². The van der Waals surface area contributed by atoms with Crippen LogP contribution >= 0.6 is 11.6 Å². The molecule has 0 aliphatic carbocycles. The van der Waals surface area contributed by atoms with Crippen LogP contribution < -0.4 is 10.1 Å². The van der Waals surface area contributed by atoms with Crippen LogP contribution in [0.15, 0.2) is 18.2 Å². The molecule has 106 valence electrons. The Morgan fingerprint density at radius 3 is 2.68 bits per heavy atom. The number of rotatable bonds is 6. The Balaban J connectivity index is 2.77. The van der Waals surface area contributed by atoms with Crippen molar-refractivity contribution in [3.05, 3.63) is 28.8 Å². The number of aliphatic hydroxyl groups is 1. The molecule has 0 fully saturated rings. The van der Waals surface area contributed by atoms with Crippen LogP contribution in [0.2, 0.25) is 5.02 Å². The van der Waals surface area contributed by atoms with Gasteiger partial charge in [0.2, 0.25) is 0 Å². The van der Waals surface area contributed by atoms with Crippen molar-refractivity contribution in [1.29, 1.82) is 0 Å². The quantitative estimate of drug-likeness (QED) is 0.844. The second-order valence-electron chi connectivity index (χ2n) is 4.83. The third-order valence-electron chi connectivity index (χ3n) is 2.72. The monoisotopic (exact) mass is 285 g/mol. The number of nitrogens with one attached hydrogen (secondary N) is 1. The Morgan fingerprint density at radius 1 is 1.47 bits per heavy atom. The van der Waals surface area contributed by atoms with Crippen molar-refractivity contribution >= 4 is 17.5 Å². The number of carbonyl (C=O) groups excluding carboxylic acids is 1. The maximum Gasteiger partial charge on any atom is 0.251 e. The van der Waals surface area contributed by atoms with Gasteiger partial charge in [0, 0.05) is 5.56 Å². The first-order valence-corrected chi connectivity index (χ1v) is 6.61. The fraction of sp³-hybridized carbons (Fsp3) is 0.500. The molecule has 1 rings (SSSR count). The summed E-state index contributed by atoms with van der Waals surface area (Å²) in [5.74, 6) is 0.616. The van der Waals surface area contributed by atoms with Crippen LogP contribution in [0.3, 0.4) is 0 Å². The summed E-state index contributed by atoms with van der Waals surface area (Å²) in [6.45, 7) is 4.01. The molecule has 0 radical (unpaired) electrons. The summed E-state index contributed by atoms with van der Waals surface area (Å²) < 4.78 is 5.07. The Bertz CT molecular complexity index is 435. The van der Waals surface area contributed by atoms with Crippen molar-refractivity contribution in [3.63, 3.8) is 0 Å². The predicted octanol–water partition coefficient (Wildman–Crippen LogP) is 2.49. The first kappa shape index (κ1) is 15.8. The summed E-state index contributed by atoms with van der Waals surface area (Å²) in [5.41, 5.74) is 0.462. The third-order valence-corrected chi connectivity index (χ3v) is 3.04. The summed E-state index contributed by atoms with van der Waals surface area (Å²) in [4.78, 5) is 12.1. The lowest BCUT2D eigenvalue weighted by molar-refractivity contribution is 0.0908. The molecule has 19 heavy (non-hydrogen) atoms. The normalized spacial score (nSPS) is 12.3. The maximum absolute atomic E-state index is 12.1. The van der Waals surface area contributed by atoms with Crippen molar-refractivity contribution in [2.75, 3.05) is 13.7 Å². The van der Waals surface area contributed by atoms with Gasteiger partial charge in [-0.3, -0.25) is 4.79 Å². The van der Waals surface area contributed by atoms with Gasteiger partial charge < -0.3 is 15.2 Å². The van der Waals surface area contributed by atoms with Crippen LogP contribution in [0, 0.1) is 5.92 Å². The Labute approximate surface area is 118 Å². The zero-order valence-corrected chi connectivity index (χ0v) is 12.2. The van der Waals surface area contributed by atoms with Crippen molar-refractivity contribution in [2.45, 2.75) is 26.3 Å². The Morgan fingerprint density at radius 2 is 2.16 bits per heavy atom. The minimum atomic E-state index is -0.242. The van der Waals surface area contributed by atoms with E-state index in [0.717, 1.165) is 6.42 Å². The SMILES string of the molecule is COc1cc(C(=O)N[C@@H](CO)CC(C)C)ccc1Cl. The lowest BCUT2D eigenvalue weighted by Gasteiger charge is -2.18. The molecule has 0 aliphatic rings. The molecule has 0 heterocycles. The van der Waals surface area contributed by atoms with Gasteiger partial charge in [-0.05, 0) is 30.5 Å². The molecular formula is C14H20ClNO3. The van der Waals surface area contributed by atoms with Crippen molar-refractivity contribution < 1.29 is 14.6 Å². The number of amides is 1. The first-order valence-electron chi connectivity index (χ1n) is 6.23. The van der Waals surface area contributed by atoms with Crippen molar-refractivity contribution in [1.82, 2.24) is 5.32 Å². The molecule has 2 N–H and O–H groups in total. The number of halogens is 1. The second-order valence-corrected chi connectivity index (χ2v) is 5.24. The summed E-state index contributed by atoms with van der Waals surface area (Å²) in [7, 11) is 1.50. The van der Waals surface area contributed by atoms with Crippen LogP contribution in [-0.4, -0.2) is 30.8 Å². The molecule has 0 spiro atoms. The van der Waals surface area contributed by atoms with E-state index in [4.69, 9.17) is 16.3 Å². The van der Waals surface area contributed by atoms with Gasteiger partial charge in [0.15, 0.2) is 0 Å². The highest BCUT2D eigenvalue weighted by Crippen LogP contribution is 2.25. The Hall–Kier alpha value is -1.26. The molecule has 0 saturated carbocycles. The third kappa shape index (κ3) is 4.73. The highest BCUT2D eigenvalue weighted by atomic mass is 35.5. The smallest absolute Gasteiger partial charge is 0.251 e. The number of methoxy groups -OCH3 is 1. The van der Waals surface area contributed by atoms with E-state index in [1.165, 1.54) is 7.11 Å². The van der Waals surface area contributed by atoms with Gasteiger partial charge in [0.05, 0.1) is 24.8 Å². The summed E-state index contributed by atoms with van der Waals surface area (Å²) in [5, 5.41) is 12.5. The minimum absolute atomic E-state index is 0.0748. The van der Waals surface area contributed by atoms with Crippen LogP contribution in [0.5, 0.6) is 5.75 Å². The van der Waals surface area contributed by atoms with Crippen LogP contribution in [0.4, 0.5) is 0 Å². The number of hydrogen-bond donors (Lipinski definition) is 2. The van der Waals surface area contributed by atoms with Crippen molar-refractivity contribution in [3.8, 4) is 5.75 Å². The molecule has 0 saturated heterocycles. The molecule has 1 amide bonds. The predicted molar refractivity (Wildman–Crippen MR) is 75.8 cm³/mol. The topological polar surface area (TPSA) is 58.6 Å². The molecule has 1 atom stereocenters. The lowest BCUT2D eigenvalue weighted by Crippen LogP contribution is -2.38. The van der Waals surface area contributed by atoms with Crippen molar-refractivity contribution in [2.24, 2.45) is 5.92 Å². The highest BCUT2D eigenvalue weighted by molar-refractivity contribution is 6.32. The average Bonchev–Trinajstić information content (AvgIpc) is 2.37. The molecule has 0 aromatic heterocycles. The average molecular weight is 286 g/mol. The minimum Gasteiger partial charge on any atom is -0.495 e. The molecule has 0 aliphatic heterocycles. The zero-order valence-electron chi connectivity index (χ0n) is 11.4. The lowest BCUT2D eigenvalue weighted by atomic mass is 10.0. The standard InChI is InChI=1S/C14H20ClNO3/c1-9(2)6-11(8-17)16-14(18)10-4-5-12(15)13(7-10)19-3/h4-5,7,9,11,17H,6,8H2,1-3H3,(H,16,18)/t11-/m1/s1. The number of ether oxygens (including phenoxy) is 1. The van der Waals surface area contributed by atoms with Gasteiger partial charge in [0.25, 0.3) is 5.91 Å². The van der Waals surface area contributed by atoms with Gasteiger partial charge in [-0.15, -0.1) is 0 Å². The fourth-order valence-corrected chi connectivity index (χ4v) is 2.01. The van der Waals surface area contributed by atoms with E-state index in [1.54, 1.807) is 18.2 Å². The van der Waals surface area contributed by atoms with E-state index < -0.39 is 0 Å². The summed E-state index contributed by atoms with van der Waals surface area (Å²) >= 11 is 5.91. The van der Waals surface area contributed by atoms with E-state index in [-0.39, 0.29) is 18.6 Å². The molecule has 4 nitrogen and oxygen atoms in total. The van der Waals surface area contributed by atoms with Crippen LogP contribution in [0.1, 0.15) is 30.6 Å². The maximum atomic E-state index is 12.1. The molecule has 5 heteroatoms. The first-order chi connectivity index (χ1) is 8.97. The summed E-state index contributed by atoms with van der Waals surface area (Å²) in [6, 6.07) is 4.59. The fourth-order valence-electron chi connectivity index (χ4n) is 1.82. The van der Waals surface area contributed by atoms with Gasteiger partial charge in [-0.1, -0.05) is 25.4 Å². The van der Waals surface area contributed by atoms with E-state index in [1.807, 2.05) is 13.8 Å². The number of aliphatic hydroxyl groups excluding tert-OH is 1. The highest BCUT2D eigenvalue weighted by Gasteiger charge is 2.15. The van der Waals surface area contributed by atoms with E-state index in [0.29, 0.717) is 22.3 Å². The molecule has 0 unspecified atom stereocenters. The van der Waals surface area contributed by atoms with E-state index in [2.05, 4.69) is 5.32 Å². The van der Waals surface area contributed by atoms with Gasteiger partial charge in [-0.25, -0.2) is 0 Å². The summed E-state index contributed by atoms with van der Waals surface area (Å²) in [6.07, 6.45) is 0.729. The number of benzene rings is 1.